The van der Waals surface area contributed by atoms with Crippen LogP contribution in [0.2, 0.25) is 0 Å². The number of benzene rings is 1. The molecular weight excluding hydrogens is 349 g/mol. The van der Waals surface area contributed by atoms with E-state index in [0.29, 0.717) is 24.3 Å². The molecule has 0 aromatic heterocycles. The van der Waals surface area contributed by atoms with Gasteiger partial charge in [-0.15, -0.1) is 0 Å². The predicted octanol–water partition coefficient (Wildman–Crippen LogP) is 3.51. The summed E-state index contributed by atoms with van der Waals surface area (Å²) in [5.74, 6) is -0.542. The molecule has 1 saturated heterocycles. The highest BCUT2D eigenvalue weighted by Crippen LogP contribution is 2.29. The molecule has 7 heteroatoms. The largest absolute Gasteiger partial charge is 0.371 e. The Bertz CT molecular complexity index is 597. The molecule has 1 N–H and O–H groups in total. The molecule has 1 aliphatic heterocycles. The summed E-state index contributed by atoms with van der Waals surface area (Å²) in [6.45, 7) is 7.06. The zero-order chi connectivity index (χ0) is 17.7. The molecule has 0 unspecified atom stereocenters. The second-order valence-corrected chi connectivity index (χ2v) is 6.79. The third-order valence-corrected chi connectivity index (χ3v) is 4.59. The lowest BCUT2D eigenvalue weighted by Gasteiger charge is -2.25. The second kappa shape index (κ2) is 8.58. The first-order valence-corrected chi connectivity index (χ1v) is 9.12. The van der Waals surface area contributed by atoms with E-state index in [2.05, 4.69) is 10.2 Å². The van der Waals surface area contributed by atoms with Crippen molar-refractivity contribution in [2.45, 2.75) is 31.5 Å². The van der Waals surface area contributed by atoms with Gasteiger partial charge in [-0.25, -0.2) is 0 Å². The van der Waals surface area contributed by atoms with E-state index in [9.17, 15) is 9.59 Å². The predicted molar refractivity (Wildman–Crippen MR) is 99.3 cm³/mol. The van der Waals surface area contributed by atoms with Gasteiger partial charge < -0.3 is 15.1 Å². The van der Waals surface area contributed by atoms with E-state index in [0.717, 1.165) is 31.6 Å². The molecule has 24 heavy (non-hydrogen) atoms. The third-order valence-electron chi connectivity index (χ3n) is 4.19. The van der Waals surface area contributed by atoms with Crippen LogP contribution in [0.4, 0.5) is 11.4 Å². The van der Waals surface area contributed by atoms with E-state index in [1.807, 2.05) is 19.9 Å². The van der Waals surface area contributed by atoms with E-state index >= 15 is 0 Å². The maximum absolute atomic E-state index is 12.9. The van der Waals surface area contributed by atoms with Crippen molar-refractivity contribution in [3.63, 3.8) is 0 Å². The lowest BCUT2D eigenvalue weighted by molar-refractivity contribution is -0.114. The summed E-state index contributed by atoms with van der Waals surface area (Å²) in [5, 5.41) is 2.64. The molecular formula is C17H23Cl2N3O2. The van der Waals surface area contributed by atoms with Crippen molar-refractivity contribution in [3.8, 4) is 0 Å². The fourth-order valence-electron chi connectivity index (χ4n) is 2.90. The Morgan fingerprint density at radius 1 is 1.21 bits per heavy atom. The first kappa shape index (κ1) is 18.9. The highest BCUT2D eigenvalue weighted by Gasteiger charge is 2.23. The van der Waals surface area contributed by atoms with Crippen molar-refractivity contribution in [3.05, 3.63) is 23.8 Å². The zero-order valence-corrected chi connectivity index (χ0v) is 15.5. The van der Waals surface area contributed by atoms with E-state index in [4.69, 9.17) is 23.2 Å². The second-order valence-electron chi connectivity index (χ2n) is 5.69. The van der Waals surface area contributed by atoms with E-state index < -0.39 is 10.7 Å². The smallest absolute Gasteiger partial charge is 0.257 e. The molecule has 132 valence electrons. The molecule has 0 atom stereocenters. The number of anilines is 2. The van der Waals surface area contributed by atoms with E-state index in [-0.39, 0.29) is 5.91 Å². The molecule has 0 spiro atoms. The Kier molecular flexibility index (Phi) is 6.75. The molecule has 0 bridgehead atoms. The maximum atomic E-state index is 12.9. The Labute approximate surface area is 152 Å². The van der Waals surface area contributed by atoms with Crippen LogP contribution < -0.4 is 10.2 Å². The molecule has 1 aromatic rings. The molecule has 1 aromatic carbocycles. The van der Waals surface area contributed by atoms with Crippen LogP contribution in [-0.2, 0) is 4.79 Å². The molecule has 0 saturated carbocycles. The number of amides is 2. The van der Waals surface area contributed by atoms with Crippen molar-refractivity contribution >= 4 is 46.4 Å². The highest BCUT2D eigenvalue weighted by atomic mass is 35.5. The molecule has 1 heterocycles. The van der Waals surface area contributed by atoms with Gasteiger partial charge in [-0.3, -0.25) is 9.59 Å². The van der Waals surface area contributed by atoms with Crippen LogP contribution in [0.1, 0.15) is 37.0 Å². The standard InChI is InChI=1S/C17H23Cl2N3O2/c1-3-21(4-2)17(24)13-11-12(20-16(23)15(18)19)7-8-14(13)22-9-5-6-10-22/h7-8,11,15H,3-6,9-10H2,1-2H3,(H,20,23). The van der Waals surface area contributed by atoms with Crippen LogP contribution in [0, 0.1) is 0 Å². The summed E-state index contributed by atoms with van der Waals surface area (Å²) in [5.41, 5.74) is 2.03. The van der Waals surface area contributed by atoms with Gasteiger partial charge in [-0.1, -0.05) is 23.2 Å². The van der Waals surface area contributed by atoms with Gasteiger partial charge in [0.1, 0.15) is 0 Å². The van der Waals surface area contributed by atoms with Crippen molar-refractivity contribution in [1.82, 2.24) is 4.90 Å². The fourth-order valence-corrected chi connectivity index (χ4v) is 3.01. The lowest BCUT2D eigenvalue weighted by Crippen LogP contribution is -2.32. The van der Waals surface area contributed by atoms with Crippen molar-refractivity contribution in [2.24, 2.45) is 0 Å². The minimum Gasteiger partial charge on any atom is -0.371 e. The fraction of sp³-hybridized carbons (Fsp3) is 0.529. The topological polar surface area (TPSA) is 52.7 Å². The summed E-state index contributed by atoms with van der Waals surface area (Å²) >= 11 is 11.2. The van der Waals surface area contributed by atoms with Gasteiger partial charge in [-0.05, 0) is 44.9 Å². The monoisotopic (exact) mass is 371 g/mol. The Morgan fingerprint density at radius 3 is 2.38 bits per heavy atom. The molecule has 5 nitrogen and oxygen atoms in total. The van der Waals surface area contributed by atoms with Gasteiger partial charge in [0.2, 0.25) is 0 Å². The Morgan fingerprint density at radius 2 is 1.83 bits per heavy atom. The number of hydrogen-bond donors (Lipinski definition) is 1. The number of carbonyl (C=O) groups excluding carboxylic acids is 2. The number of nitrogens with zero attached hydrogens (tertiary/aromatic N) is 2. The third kappa shape index (κ3) is 4.33. The minimum atomic E-state index is -1.15. The number of halogens is 2. The van der Waals surface area contributed by atoms with Crippen LogP contribution in [0.15, 0.2) is 18.2 Å². The summed E-state index contributed by atoms with van der Waals surface area (Å²) in [7, 11) is 0. The van der Waals surface area contributed by atoms with E-state index in [1.54, 1.807) is 17.0 Å². The number of carbonyl (C=O) groups is 2. The summed E-state index contributed by atoms with van der Waals surface area (Å²) in [6, 6.07) is 5.37. The average molecular weight is 372 g/mol. The SMILES string of the molecule is CCN(CC)C(=O)c1cc(NC(=O)C(Cl)Cl)ccc1N1CCCC1. The maximum Gasteiger partial charge on any atom is 0.257 e. The lowest BCUT2D eigenvalue weighted by atomic mass is 10.1. The summed E-state index contributed by atoms with van der Waals surface area (Å²) < 4.78 is 0. The molecule has 0 radical (unpaired) electrons. The van der Waals surface area contributed by atoms with Gasteiger partial charge in [0, 0.05) is 37.6 Å². The van der Waals surface area contributed by atoms with Crippen LogP contribution >= 0.6 is 23.2 Å². The van der Waals surface area contributed by atoms with Gasteiger partial charge in [-0.2, -0.15) is 0 Å². The number of hydrogen-bond acceptors (Lipinski definition) is 3. The number of rotatable bonds is 6. The van der Waals surface area contributed by atoms with Crippen molar-refractivity contribution < 1.29 is 9.59 Å². The van der Waals surface area contributed by atoms with Crippen molar-refractivity contribution in [2.75, 3.05) is 36.4 Å². The molecule has 2 amide bonds. The highest BCUT2D eigenvalue weighted by molar-refractivity contribution is 6.54. The normalized spacial score (nSPS) is 14.1. The van der Waals surface area contributed by atoms with Gasteiger partial charge >= 0.3 is 0 Å². The van der Waals surface area contributed by atoms with Crippen LogP contribution in [0.3, 0.4) is 0 Å². The molecule has 1 fully saturated rings. The Balaban J connectivity index is 2.37. The van der Waals surface area contributed by atoms with Gasteiger partial charge in [0.25, 0.3) is 11.8 Å². The first-order chi connectivity index (χ1) is 11.5. The number of nitrogens with one attached hydrogen (secondary N) is 1. The van der Waals surface area contributed by atoms with Crippen molar-refractivity contribution in [1.29, 1.82) is 0 Å². The zero-order valence-electron chi connectivity index (χ0n) is 14.0. The van der Waals surface area contributed by atoms with Crippen LogP contribution in [0.5, 0.6) is 0 Å². The van der Waals surface area contributed by atoms with Gasteiger partial charge in [0.05, 0.1) is 5.56 Å². The summed E-state index contributed by atoms with van der Waals surface area (Å²) in [4.78, 5) is 27.4. The molecule has 2 rings (SSSR count). The molecule has 0 aliphatic carbocycles. The quantitative estimate of drug-likeness (QED) is 0.778. The first-order valence-electron chi connectivity index (χ1n) is 8.25. The van der Waals surface area contributed by atoms with Crippen LogP contribution in [0.25, 0.3) is 0 Å². The average Bonchev–Trinajstić information content (AvgIpc) is 3.10. The summed E-state index contributed by atoms with van der Waals surface area (Å²) in [6.07, 6.45) is 2.25. The van der Waals surface area contributed by atoms with Crippen LogP contribution in [-0.4, -0.2) is 47.7 Å². The van der Waals surface area contributed by atoms with E-state index in [1.165, 1.54) is 0 Å². The Hall–Kier alpha value is -1.46. The van der Waals surface area contributed by atoms with Gasteiger partial charge in [0.15, 0.2) is 4.84 Å². The number of alkyl halides is 2. The minimum absolute atomic E-state index is 0.0358. The molecule has 1 aliphatic rings.